The fourth-order valence-electron chi connectivity index (χ4n) is 10.2. The van der Waals surface area contributed by atoms with Gasteiger partial charge in [-0.3, -0.25) is 37.3 Å². The fraction of sp³-hybridized carbons (Fsp3) is 0.942. The smallest absolute Gasteiger partial charge is 0.462 e. The number of hydrogen-bond acceptors (Lipinski definition) is 15. The summed E-state index contributed by atoms with van der Waals surface area (Å²) in [6, 6.07) is 0. The van der Waals surface area contributed by atoms with Crippen molar-refractivity contribution in [3.63, 3.8) is 0 Å². The van der Waals surface area contributed by atoms with Crippen molar-refractivity contribution in [1.82, 2.24) is 0 Å². The Morgan fingerprint density at radius 2 is 0.511 bits per heavy atom. The van der Waals surface area contributed by atoms with Crippen LogP contribution in [0.15, 0.2) is 0 Å². The van der Waals surface area contributed by atoms with Crippen LogP contribution >= 0.6 is 15.6 Å². The zero-order valence-electron chi connectivity index (χ0n) is 57.3. The van der Waals surface area contributed by atoms with E-state index in [1.807, 2.05) is 0 Å². The van der Waals surface area contributed by atoms with Gasteiger partial charge in [0.15, 0.2) is 12.2 Å². The number of phosphoric acid groups is 2. The Labute approximate surface area is 537 Å². The lowest BCUT2D eigenvalue weighted by Crippen LogP contribution is -2.30. The van der Waals surface area contributed by atoms with E-state index in [1.165, 1.54) is 135 Å². The predicted molar refractivity (Wildman–Crippen MR) is 354 cm³/mol. The number of rotatable bonds is 66. The zero-order valence-corrected chi connectivity index (χ0v) is 59.1. The van der Waals surface area contributed by atoms with Crippen molar-refractivity contribution in [3.8, 4) is 0 Å². The Hall–Kier alpha value is -1.94. The molecule has 0 rings (SSSR count). The van der Waals surface area contributed by atoms with E-state index >= 15 is 0 Å². The second-order valence-electron chi connectivity index (χ2n) is 25.9. The second-order valence-corrected chi connectivity index (χ2v) is 28.8. The maximum atomic E-state index is 13.0. The maximum absolute atomic E-state index is 13.0. The van der Waals surface area contributed by atoms with E-state index < -0.39 is 97.5 Å². The van der Waals surface area contributed by atoms with Crippen LogP contribution in [0.1, 0.15) is 338 Å². The summed E-state index contributed by atoms with van der Waals surface area (Å²) < 4.78 is 68.2. The van der Waals surface area contributed by atoms with E-state index in [2.05, 4.69) is 55.4 Å². The lowest BCUT2D eigenvalue weighted by Gasteiger charge is -2.21. The van der Waals surface area contributed by atoms with Gasteiger partial charge in [-0.15, -0.1) is 0 Å². The Morgan fingerprint density at radius 3 is 0.750 bits per heavy atom. The van der Waals surface area contributed by atoms with Gasteiger partial charge in [0, 0.05) is 25.7 Å². The van der Waals surface area contributed by atoms with E-state index in [-0.39, 0.29) is 25.7 Å². The number of phosphoric ester groups is 2. The summed E-state index contributed by atoms with van der Waals surface area (Å²) in [7, 11) is -9.90. The molecule has 3 N–H and O–H groups in total. The molecule has 88 heavy (non-hydrogen) atoms. The van der Waals surface area contributed by atoms with Crippen LogP contribution in [0.25, 0.3) is 0 Å². The molecule has 0 aromatic rings. The molecular formula is C69H134O17P2. The molecule has 0 aliphatic carbocycles. The third-order valence-electron chi connectivity index (χ3n) is 17.3. The van der Waals surface area contributed by atoms with Crippen LogP contribution in [0, 0.1) is 23.7 Å². The van der Waals surface area contributed by atoms with Crippen molar-refractivity contribution in [1.29, 1.82) is 0 Å². The molecule has 19 heteroatoms. The molecule has 0 saturated heterocycles. The topological polar surface area (TPSA) is 237 Å². The normalized spacial score (nSPS) is 15.5. The first kappa shape index (κ1) is 86.1. The molecule has 0 heterocycles. The van der Waals surface area contributed by atoms with Gasteiger partial charge in [0.1, 0.15) is 19.3 Å². The standard InChI is InChI=1S/C69H134O17P2/c1-9-59(5)45-37-29-21-19-17-15-13-14-16-18-20-22-33-41-49-66(71)79-55-64(85-68(73)51-43-35-27-24-31-39-47-61(7)11-3)57-83-87(75,76)81-53-63(70)54-82-88(77,78)84-58-65(86-69(74)52-44-36-28-25-32-40-48-62(8)12-4)56-80-67(72)50-42-34-26-23-30-38-46-60(6)10-2/h59-65,70H,9-58H2,1-8H3,(H,75,76)(H,77,78)/t59?,60?,61?,62?,63-,64-,65-/m1/s1. The van der Waals surface area contributed by atoms with Crippen LogP contribution in [-0.2, 0) is 65.4 Å². The van der Waals surface area contributed by atoms with Crippen molar-refractivity contribution < 1.29 is 80.2 Å². The van der Waals surface area contributed by atoms with Gasteiger partial charge in [-0.2, -0.15) is 0 Å². The van der Waals surface area contributed by atoms with Gasteiger partial charge >= 0.3 is 39.5 Å². The molecule has 0 aromatic carbocycles. The minimum Gasteiger partial charge on any atom is -0.462 e. The lowest BCUT2D eigenvalue weighted by atomic mass is 9.99. The second kappa shape index (κ2) is 58.8. The predicted octanol–water partition coefficient (Wildman–Crippen LogP) is 19.3. The number of unbranched alkanes of at least 4 members (excludes halogenated alkanes) is 28. The van der Waals surface area contributed by atoms with Gasteiger partial charge < -0.3 is 33.8 Å². The number of ether oxygens (including phenoxy) is 4. The van der Waals surface area contributed by atoms with E-state index in [4.69, 9.17) is 37.0 Å². The highest BCUT2D eigenvalue weighted by atomic mass is 31.2. The molecule has 0 fully saturated rings. The molecule has 0 aliphatic rings. The molecule has 0 spiro atoms. The quantitative estimate of drug-likeness (QED) is 0.0222. The monoisotopic (exact) mass is 1300 g/mol. The van der Waals surface area contributed by atoms with Crippen molar-refractivity contribution >= 4 is 39.5 Å². The summed E-state index contributed by atoms with van der Waals surface area (Å²) in [5.74, 6) is 0.884. The molecule has 0 saturated carbocycles. The average Bonchev–Trinajstić information content (AvgIpc) is 3.63. The fourth-order valence-corrected chi connectivity index (χ4v) is 11.8. The van der Waals surface area contributed by atoms with Gasteiger partial charge in [0.2, 0.25) is 0 Å². The molecular weight excluding hydrogens is 1160 g/mol. The minimum absolute atomic E-state index is 0.101. The summed E-state index contributed by atoms with van der Waals surface area (Å²) in [6.45, 7) is 14.1. The number of carbonyl (C=O) groups is 4. The number of hydrogen-bond donors (Lipinski definition) is 3. The van der Waals surface area contributed by atoms with Gasteiger partial charge in [0.25, 0.3) is 0 Å². The van der Waals surface area contributed by atoms with Gasteiger partial charge in [-0.25, -0.2) is 9.13 Å². The Kier molecular flexibility index (Phi) is 57.6. The number of aliphatic hydroxyl groups is 1. The third kappa shape index (κ3) is 57.9. The van der Waals surface area contributed by atoms with E-state index in [1.54, 1.807) is 0 Å². The van der Waals surface area contributed by atoms with Crippen molar-refractivity contribution in [2.45, 2.75) is 356 Å². The van der Waals surface area contributed by atoms with E-state index in [0.29, 0.717) is 25.7 Å². The minimum atomic E-state index is -4.95. The highest BCUT2D eigenvalue weighted by Crippen LogP contribution is 2.45. The van der Waals surface area contributed by atoms with Gasteiger partial charge in [-0.1, -0.05) is 287 Å². The number of aliphatic hydroxyl groups excluding tert-OH is 1. The van der Waals surface area contributed by atoms with Crippen LogP contribution in [0.3, 0.4) is 0 Å². The van der Waals surface area contributed by atoms with Crippen LogP contribution in [0.5, 0.6) is 0 Å². The van der Waals surface area contributed by atoms with Crippen LogP contribution in [-0.4, -0.2) is 96.7 Å². The van der Waals surface area contributed by atoms with Crippen molar-refractivity contribution in [2.24, 2.45) is 23.7 Å². The molecule has 0 aliphatic heterocycles. The summed E-state index contributed by atoms with van der Waals surface area (Å²) in [5.41, 5.74) is 0. The Bertz CT molecular complexity index is 1760. The highest BCUT2D eigenvalue weighted by Gasteiger charge is 2.30. The first-order valence-corrected chi connectivity index (χ1v) is 38.8. The summed E-state index contributed by atoms with van der Waals surface area (Å²) in [6.07, 6.45) is 40.4. The molecule has 0 amide bonds. The zero-order chi connectivity index (χ0) is 65.4. The van der Waals surface area contributed by atoms with Crippen LogP contribution in [0.4, 0.5) is 0 Å². The first-order valence-electron chi connectivity index (χ1n) is 35.9. The molecule has 17 nitrogen and oxygen atoms in total. The molecule has 0 radical (unpaired) electrons. The van der Waals surface area contributed by atoms with Crippen molar-refractivity contribution in [2.75, 3.05) is 39.6 Å². The van der Waals surface area contributed by atoms with Gasteiger partial charge in [0.05, 0.1) is 26.4 Å². The largest absolute Gasteiger partial charge is 0.472 e. The molecule has 6 unspecified atom stereocenters. The molecule has 9 atom stereocenters. The molecule has 0 aromatic heterocycles. The van der Waals surface area contributed by atoms with Crippen molar-refractivity contribution in [3.05, 3.63) is 0 Å². The first-order chi connectivity index (χ1) is 42.2. The summed E-state index contributed by atoms with van der Waals surface area (Å²) in [5, 5.41) is 10.6. The average molecular weight is 1300 g/mol. The van der Waals surface area contributed by atoms with Crippen LogP contribution < -0.4 is 0 Å². The third-order valence-corrected chi connectivity index (χ3v) is 19.2. The van der Waals surface area contributed by atoms with Crippen LogP contribution in [0.2, 0.25) is 0 Å². The number of carbonyl (C=O) groups excluding carboxylic acids is 4. The Morgan fingerprint density at radius 1 is 0.307 bits per heavy atom. The summed E-state index contributed by atoms with van der Waals surface area (Å²) >= 11 is 0. The molecule has 522 valence electrons. The SMILES string of the molecule is CCC(C)CCCCCCCCCCCCCCCCC(=O)OC[C@H](COP(=O)(O)OC[C@@H](O)COP(=O)(O)OC[C@@H](COC(=O)CCCCCCCCC(C)CC)OC(=O)CCCCCCCCC(C)CC)OC(=O)CCCCCCCCC(C)CC. The van der Waals surface area contributed by atoms with Gasteiger partial charge in [-0.05, 0) is 49.4 Å². The maximum Gasteiger partial charge on any atom is 0.472 e. The Balaban J connectivity index is 5.20. The highest BCUT2D eigenvalue weighted by molar-refractivity contribution is 7.47. The summed E-state index contributed by atoms with van der Waals surface area (Å²) in [4.78, 5) is 72.4. The lowest BCUT2D eigenvalue weighted by molar-refractivity contribution is -0.161. The van der Waals surface area contributed by atoms with E-state index in [9.17, 15) is 43.2 Å². The molecule has 0 bridgehead atoms. The number of esters is 4. The van der Waals surface area contributed by atoms with E-state index in [0.717, 1.165) is 120 Å².